The minimum Gasteiger partial charge on any atom is -0.496 e. The average Bonchev–Trinajstić information content (AvgIpc) is 3.08. The summed E-state index contributed by atoms with van der Waals surface area (Å²) in [4.78, 5) is 2.61. The van der Waals surface area contributed by atoms with Gasteiger partial charge in [0, 0.05) is 29.9 Å². The fourth-order valence-electron chi connectivity index (χ4n) is 3.76. The van der Waals surface area contributed by atoms with Crippen molar-refractivity contribution in [1.82, 2.24) is 5.32 Å². The standard InChI is InChI=1S/C16H24N2O/c1-11(17-2)16-14(5-4-6-15(16)19-3)18-10-12-7-8-13(18)9-12/h4-6,11-13,17H,7-10H2,1-3H3. The van der Waals surface area contributed by atoms with E-state index in [1.54, 1.807) is 7.11 Å². The van der Waals surface area contributed by atoms with Crippen molar-refractivity contribution >= 4 is 5.69 Å². The highest BCUT2D eigenvalue weighted by atomic mass is 16.5. The SMILES string of the molecule is CNC(C)c1c(OC)cccc1N1CC2CCC1C2. The first-order valence-corrected chi connectivity index (χ1v) is 7.35. The first kappa shape index (κ1) is 12.8. The maximum Gasteiger partial charge on any atom is 0.125 e. The second kappa shape index (κ2) is 5.04. The Morgan fingerprint density at radius 3 is 2.79 bits per heavy atom. The number of piperidine rings is 1. The Morgan fingerprint density at radius 1 is 1.37 bits per heavy atom. The number of ether oxygens (including phenoxy) is 1. The number of anilines is 1. The molecule has 0 aromatic heterocycles. The molecule has 2 bridgehead atoms. The lowest BCUT2D eigenvalue weighted by Crippen LogP contribution is -2.33. The van der Waals surface area contributed by atoms with Crippen LogP contribution in [0.5, 0.6) is 5.75 Å². The van der Waals surface area contributed by atoms with E-state index in [9.17, 15) is 0 Å². The second-order valence-corrected chi connectivity index (χ2v) is 5.89. The number of methoxy groups -OCH3 is 1. The van der Waals surface area contributed by atoms with E-state index in [1.807, 2.05) is 7.05 Å². The third kappa shape index (κ3) is 2.10. The maximum absolute atomic E-state index is 5.58. The maximum atomic E-state index is 5.58. The molecule has 1 heterocycles. The number of hydrogen-bond donors (Lipinski definition) is 1. The van der Waals surface area contributed by atoms with Crippen molar-refractivity contribution in [3.63, 3.8) is 0 Å². The number of fused-ring (bicyclic) bond motifs is 2. The van der Waals surface area contributed by atoms with E-state index in [4.69, 9.17) is 4.74 Å². The van der Waals surface area contributed by atoms with Gasteiger partial charge in [0.2, 0.25) is 0 Å². The molecular formula is C16H24N2O. The van der Waals surface area contributed by atoms with Crippen LogP contribution in [-0.2, 0) is 0 Å². The first-order valence-electron chi connectivity index (χ1n) is 7.35. The Labute approximate surface area is 115 Å². The molecule has 0 spiro atoms. The van der Waals surface area contributed by atoms with E-state index < -0.39 is 0 Å². The van der Waals surface area contributed by atoms with Crippen LogP contribution in [0.15, 0.2) is 18.2 Å². The van der Waals surface area contributed by atoms with E-state index in [-0.39, 0.29) is 0 Å². The fourth-order valence-corrected chi connectivity index (χ4v) is 3.76. The van der Waals surface area contributed by atoms with Crippen LogP contribution in [0.3, 0.4) is 0 Å². The number of rotatable bonds is 4. The lowest BCUT2D eigenvalue weighted by atomic mass is 10.0. The lowest BCUT2D eigenvalue weighted by Gasteiger charge is -2.33. The summed E-state index contributed by atoms with van der Waals surface area (Å²) in [7, 11) is 3.78. The largest absolute Gasteiger partial charge is 0.496 e. The van der Waals surface area contributed by atoms with Gasteiger partial charge in [-0.05, 0) is 51.3 Å². The molecule has 1 N–H and O–H groups in total. The van der Waals surface area contributed by atoms with Crippen LogP contribution in [0, 0.1) is 5.92 Å². The van der Waals surface area contributed by atoms with E-state index in [0.717, 1.165) is 17.7 Å². The highest BCUT2D eigenvalue weighted by molar-refractivity contribution is 5.62. The zero-order valence-electron chi connectivity index (χ0n) is 12.1. The molecule has 2 fully saturated rings. The molecule has 19 heavy (non-hydrogen) atoms. The monoisotopic (exact) mass is 260 g/mol. The van der Waals surface area contributed by atoms with Crippen molar-refractivity contribution in [3.05, 3.63) is 23.8 Å². The van der Waals surface area contributed by atoms with Crippen molar-refractivity contribution in [2.45, 2.75) is 38.3 Å². The summed E-state index contributed by atoms with van der Waals surface area (Å²) in [6.07, 6.45) is 4.15. The van der Waals surface area contributed by atoms with Crippen LogP contribution in [0.25, 0.3) is 0 Å². The molecule has 0 radical (unpaired) electrons. The average molecular weight is 260 g/mol. The van der Waals surface area contributed by atoms with E-state index in [2.05, 4.69) is 35.3 Å². The van der Waals surface area contributed by atoms with E-state index >= 15 is 0 Å². The number of nitrogens with zero attached hydrogens (tertiary/aromatic N) is 1. The van der Waals surface area contributed by atoms with Crippen LogP contribution >= 0.6 is 0 Å². The molecule has 1 saturated heterocycles. The summed E-state index contributed by atoms with van der Waals surface area (Å²) in [5, 5.41) is 3.36. The summed E-state index contributed by atoms with van der Waals surface area (Å²) in [6.45, 7) is 3.43. The first-order chi connectivity index (χ1) is 9.24. The summed E-state index contributed by atoms with van der Waals surface area (Å²) in [6, 6.07) is 7.50. The fraction of sp³-hybridized carbons (Fsp3) is 0.625. The minimum atomic E-state index is 0.310. The second-order valence-electron chi connectivity index (χ2n) is 5.89. The molecule has 104 valence electrons. The number of hydrogen-bond acceptors (Lipinski definition) is 3. The van der Waals surface area contributed by atoms with Crippen molar-refractivity contribution in [2.75, 3.05) is 25.6 Å². The molecule has 1 aromatic carbocycles. The normalized spacial score (nSPS) is 26.8. The van der Waals surface area contributed by atoms with Gasteiger partial charge in [-0.1, -0.05) is 6.07 Å². The van der Waals surface area contributed by atoms with Gasteiger partial charge in [-0.2, -0.15) is 0 Å². The predicted molar refractivity (Wildman–Crippen MR) is 78.9 cm³/mol. The molecule has 3 rings (SSSR count). The topological polar surface area (TPSA) is 24.5 Å². The van der Waals surface area contributed by atoms with E-state index in [1.165, 1.54) is 37.1 Å². The van der Waals surface area contributed by atoms with Crippen LogP contribution in [-0.4, -0.2) is 26.7 Å². The van der Waals surface area contributed by atoms with Crippen molar-refractivity contribution in [3.8, 4) is 5.75 Å². The van der Waals surface area contributed by atoms with Gasteiger partial charge in [0.05, 0.1) is 7.11 Å². The molecule has 3 nitrogen and oxygen atoms in total. The Hall–Kier alpha value is -1.22. The predicted octanol–water partition coefficient (Wildman–Crippen LogP) is 2.96. The van der Waals surface area contributed by atoms with Gasteiger partial charge in [-0.15, -0.1) is 0 Å². The van der Waals surface area contributed by atoms with E-state index in [0.29, 0.717) is 6.04 Å². The van der Waals surface area contributed by atoms with Gasteiger partial charge in [0.25, 0.3) is 0 Å². The van der Waals surface area contributed by atoms with Crippen LogP contribution < -0.4 is 15.0 Å². The molecule has 2 aliphatic rings. The summed E-state index contributed by atoms with van der Waals surface area (Å²) < 4.78 is 5.58. The molecule has 1 saturated carbocycles. The molecular weight excluding hydrogens is 236 g/mol. The van der Waals surface area contributed by atoms with Gasteiger partial charge in [-0.3, -0.25) is 0 Å². The zero-order valence-corrected chi connectivity index (χ0v) is 12.1. The highest BCUT2D eigenvalue weighted by Gasteiger charge is 2.39. The molecule has 0 amide bonds. The Balaban J connectivity index is 2.00. The smallest absolute Gasteiger partial charge is 0.125 e. The van der Waals surface area contributed by atoms with Crippen molar-refractivity contribution < 1.29 is 4.74 Å². The molecule has 1 aliphatic heterocycles. The Kier molecular flexibility index (Phi) is 3.40. The lowest BCUT2D eigenvalue weighted by molar-refractivity contribution is 0.403. The quantitative estimate of drug-likeness (QED) is 0.900. The van der Waals surface area contributed by atoms with Crippen LogP contribution in [0.2, 0.25) is 0 Å². The Morgan fingerprint density at radius 2 is 2.21 bits per heavy atom. The summed E-state index contributed by atoms with van der Waals surface area (Å²) in [5.41, 5.74) is 2.67. The van der Waals surface area contributed by atoms with Gasteiger partial charge in [0.15, 0.2) is 0 Å². The summed E-state index contributed by atoms with van der Waals surface area (Å²) in [5.74, 6) is 1.91. The van der Waals surface area contributed by atoms with Crippen molar-refractivity contribution in [2.24, 2.45) is 5.92 Å². The minimum absolute atomic E-state index is 0.310. The van der Waals surface area contributed by atoms with Crippen LogP contribution in [0.4, 0.5) is 5.69 Å². The zero-order chi connectivity index (χ0) is 13.4. The van der Waals surface area contributed by atoms with Gasteiger partial charge >= 0.3 is 0 Å². The molecule has 3 atom stereocenters. The molecule has 3 unspecified atom stereocenters. The number of nitrogens with one attached hydrogen (secondary N) is 1. The summed E-state index contributed by atoms with van der Waals surface area (Å²) >= 11 is 0. The van der Waals surface area contributed by atoms with Crippen molar-refractivity contribution in [1.29, 1.82) is 0 Å². The van der Waals surface area contributed by atoms with Gasteiger partial charge in [0.1, 0.15) is 5.75 Å². The van der Waals surface area contributed by atoms with Gasteiger partial charge in [-0.25, -0.2) is 0 Å². The highest BCUT2D eigenvalue weighted by Crippen LogP contribution is 2.44. The van der Waals surface area contributed by atoms with Gasteiger partial charge < -0.3 is 15.0 Å². The Bertz CT molecular complexity index is 460. The molecule has 1 aliphatic carbocycles. The molecule has 1 aromatic rings. The third-order valence-electron chi connectivity index (χ3n) is 4.85. The van der Waals surface area contributed by atoms with Crippen LogP contribution in [0.1, 0.15) is 37.8 Å². The third-order valence-corrected chi connectivity index (χ3v) is 4.85. The molecule has 3 heteroatoms. The number of benzene rings is 1.